The van der Waals surface area contributed by atoms with Crippen molar-refractivity contribution in [2.75, 3.05) is 36.4 Å². The smallest absolute Gasteiger partial charge is 0.378 e. The van der Waals surface area contributed by atoms with Crippen LogP contribution in [0.4, 0.5) is 30.5 Å². The van der Waals surface area contributed by atoms with Gasteiger partial charge in [0.05, 0.1) is 16.4 Å². The maximum absolute atomic E-state index is 12.8. The zero-order valence-electron chi connectivity index (χ0n) is 16.4. The van der Waals surface area contributed by atoms with E-state index in [4.69, 9.17) is 0 Å². The van der Waals surface area contributed by atoms with E-state index in [0.717, 1.165) is 25.1 Å². The number of nitrogens with zero attached hydrogens (tertiary/aromatic N) is 4. The molecule has 0 aliphatic carbocycles. The zero-order chi connectivity index (χ0) is 22.4. The normalized spacial score (nSPS) is 16.6. The average molecular weight is 438 g/mol. The summed E-state index contributed by atoms with van der Waals surface area (Å²) in [5.41, 5.74) is -1.81. The largest absolute Gasteiger partial charge is 0.416 e. The Hall–Kier alpha value is -3.44. The molecule has 2 aromatic rings. The van der Waals surface area contributed by atoms with Crippen molar-refractivity contribution in [1.29, 1.82) is 0 Å². The number of amides is 1. The van der Waals surface area contributed by atoms with Crippen molar-refractivity contribution in [2.45, 2.75) is 19.0 Å². The molecular formula is C19H21F3N6O3. The van der Waals surface area contributed by atoms with Crippen LogP contribution in [0, 0.1) is 16.0 Å². The molecule has 0 radical (unpaired) electrons. The molecule has 1 fully saturated rings. The van der Waals surface area contributed by atoms with Gasteiger partial charge < -0.3 is 15.5 Å². The van der Waals surface area contributed by atoms with Crippen molar-refractivity contribution in [2.24, 2.45) is 5.92 Å². The maximum atomic E-state index is 12.8. The van der Waals surface area contributed by atoms with E-state index < -0.39 is 22.4 Å². The van der Waals surface area contributed by atoms with Gasteiger partial charge >= 0.3 is 6.18 Å². The Morgan fingerprint density at radius 2 is 2.00 bits per heavy atom. The van der Waals surface area contributed by atoms with Crippen LogP contribution in [0.15, 0.2) is 36.7 Å². The van der Waals surface area contributed by atoms with E-state index >= 15 is 0 Å². The minimum absolute atomic E-state index is 0.0442. The maximum Gasteiger partial charge on any atom is 0.416 e. The molecule has 0 spiro atoms. The number of nitrogens with one attached hydrogen (secondary N) is 2. The van der Waals surface area contributed by atoms with Gasteiger partial charge in [0.2, 0.25) is 11.9 Å². The molecule has 1 aliphatic heterocycles. The van der Waals surface area contributed by atoms with Gasteiger partial charge in [0.15, 0.2) is 0 Å². The van der Waals surface area contributed by atoms with Gasteiger partial charge in [0.25, 0.3) is 5.69 Å². The van der Waals surface area contributed by atoms with Crippen molar-refractivity contribution >= 4 is 23.2 Å². The third-order valence-corrected chi connectivity index (χ3v) is 4.89. The summed E-state index contributed by atoms with van der Waals surface area (Å²) >= 11 is 0. The predicted molar refractivity (Wildman–Crippen MR) is 107 cm³/mol. The van der Waals surface area contributed by atoms with E-state index in [-0.39, 0.29) is 30.6 Å². The number of anilines is 2. The first kappa shape index (κ1) is 22.2. The van der Waals surface area contributed by atoms with Crippen LogP contribution < -0.4 is 15.5 Å². The summed E-state index contributed by atoms with van der Waals surface area (Å²) in [6.45, 7) is 1.52. The predicted octanol–water partition coefficient (Wildman–Crippen LogP) is 2.85. The van der Waals surface area contributed by atoms with Crippen molar-refractivity contribution in [3.8, 4) is 0 Å². The van der Waals surface area contributed by atoms with Gasteiger partial charge in [-0.15, -0.1) is 0 Å². The number of rotatable bonds is 7. The first-order chi connectivity index (χ1) is 14.8. The molecule has 3 rings (SSSR count). The van der Waals surface area contributed by atoms with Crippen LogP contribution in [0.3, 0.4) is 0 Å². The van der Waals surface area contributed by atoms with E-state index in [1.165, 1.54) is 0 Å². The quantitative estimate of drug-likeness (QED) is 0.388. The Kier molecular flexibility index (Phi) is 6.88. The molecule has 12 heteroatoms. The second-order valence-electron chi connectivity index (χ2n) is 7.04. The number of alkyl halides is 3. The Bertz CT molecular complexity index is 926. The summed E-state index contributed by atoms with van der Waals surface area (Å²) in [5, 5.41) is 16.6. The van der Waals surface area contributed by atoms with E-state index in [1.807, 2.05) is 4.90 Å². The Labute approximate surface area is 175 Å². The number of benzene rings is 1. The lowest BCUT2D eigenvalue weighted by molar-refractivity contribution is -0.384. The first-order valence-corrected chi connectivity index (χ1v) is 9.65. The van der Waals surface area contributed by atoms with Gasteiger partial charge in [-0.1, -0.05) is 0 Å². The second-order valence-corrected chi connectivity index (χ2v) is 7.04. The molecule has 1 atom stereocenters. The first-order valence-electron chi connectivity index (χ1n) is 9.65. The molecule has 31 heavy (non-hydrogen) atoms. The monoisotopic (exact) mass is 438 g/mol. The van der Waals surface area contributed by atoms with Gasteiger partial charge in [-0.25, -0.2) is 9.97 Å². The summed E-state index contributed by atoms with van der Waals surface area (Å²) < 4.78 is 38.3. The van der Waals surface area contributed by atoms with Crippen LogP contribution >= 0.6 is 0 Å². The van der Waals surface area contributed by atoms with Gasteiger partial charge in [-0.05, 0) is 31.0 Å². The Morgan fingerprint density at radius 3 is 2.68 bits per heavy atom. The highest BCUT2D eigenvalue weighted by molar-refractivity contribution is 5.79. The minimum Gasteiger partial charge on any atom is -0.378 e. The van der Waals surface area contributed by atoms with Crippen LogP contribution in [0.1, 0.15) is 18.4 Å². The van der Waals surface area contributed by atoms with Crippen LogP contribution in [0.2, 0.25) is 0 Å². The van der Waals surface area contributed by atoms with E-state index in [1.54, 1.807) is 18.5 Å². The Balaban J connectivity index is 1.51. The van der Waals surface area contributed by atoms with Crippen molar-refractivity contribution in [1.82, 2.24) is 15.3 Å². The number of hydrogen-bond acceptors (Lipinski definition) is 7. The van der Waals surface area contributed by atoms with Crippen LogP contribution in [0.25, 0.3) is 0 Å². The van der Waals surface area contributed by atoms with Crippen LogP contribution in [-0.4, -0.2) is 47.0 Å². The Morgan fingerprint density at radius 1 is 1.26 bits per heavy atom. The number of nitro benzene ring substituents is 1. The number of halogens is 3. The highest BCUT2D eigenvalue weighted by atomic mass is 19.4. The standard InChI is InChI=1S/C19H21F3N6O3/c20-19(21,22)14-4-5-15(16(11-14)28(30)31)23-8-9-24-17(29)13-3-1-10-27(12-13)18-25-6-2-7-26-18/h2,4-7,11,13,23H,1,3,8-10,12H2,(H,24,29). The average Bonchev–Trinajstić information content (AvgIpc) is 2.76. The third-order valence-electron chi connectivity index (χ3n) is 4.89. The van der Waals surface area contributed by atoms with Crippen LogP contribution in [-0.2, 0) is 11.0 Å². The highest BCUT2D eigenvalue weighted by Crippen LogP contribution is 2.34. The fourth-order valence-corrected chi connectivity index (χ4v) is 3.36. The summed E-state index contributed by atoms with van der Waals surface area (Å²) in [6.07, 6.45) is 0.130. The lowest BCUT2D eigenvalue weighted by Crippen LogP contribution is -2.44. The molecule has 1 amide bonds. The van der Waals surface area contributed by atoms with Crippen molar-refractivity contribution in [3.63, 3.8) is 0 Å². The highest BCUT2D eigenvalue weighted by Gasteiger charge is 2.33. The van der Waals surface area contributed by atoms with Crippen molar-refractivity contribution in [3.05, 3.63) is 52.3 Å². The molecule has 1 aromatic heterocycles. The summed E-state index contributed by atoms with van der Waals surface area (Å²) in [4.78, 5) is 33.0. The van der Waals surface area contributed by atoms with Gasteiger partial charge in [-0.2, -0.15) is 13.2 Å². The zero-order valence-corrected chi connectivity index (χ0v) is 16.4. The molecule has 1 saturated heterocycles. The molecule has 2 heterocycles. The number of aromatic nitrogens is 2. The minimum atomic E-state index is -4.67. The molecule has 0 bridgehead atoms. The van der Waals surface area contributed by atoms with Gasteiger partial charge in [0.1, 0.15) is 5.69 Å². The lowest BCUT2D eigenvalue weighted by Gasteiger charge is -2.31. The summed E-state index contributed by atoms with van der Waals surface area (Å²) in [7, 11) is 0. The molecule has 0 saturated carbocycles. The van der Waals surface area contributed by atoms with E-state index in [2.05, 4.69) is 20.6 Å². The molecular weight excluding hydrogens is 417 g/mol. The molecule has 2 N–H and O–H groups in total. The van der Waals surface area contributed by atoms with Crippen LogP contribution in [0.5, 0.6) is 0 Å². The lowest BCUT2D eigenvalue weighted by atomic mass is 9.97. The topological polar surface area (TPSA) is 113 Å². The SMILES string of the molecule is O=C(NCCNc1ccc(C(F)(F)F)cc1[N+](=O)[O-])C1CCCN(c2ncccn2)C1. The molecule has 1 aliphatic rings. The number of nitro groups is 1. The number of hydrogen-bond donors (Lipinski definition) is 2. The molecule has 166 valence electrons. The number of piperidine rings is 1. The molecule has 1 unspecified atom stereocenters. The third kappa shape index (κ3) is 5.80. The van der Waals surface area contributed by atoms with E-state index in [0.29, 0.717) is 25.0 Å². The van der Waals surface area contributed by atoms with Gasteiger partial charge in [0, 0.05) is 44.6 Å². The molecule has 1 aromatic carbocycles. The van der Waals surface area contributed by atoms with E-state index in [9.17, 15) is 28.1 Å². The number of carbonyl (C=O) groups is 1. The van der Waals surface area contributed by atoms with Crippen molar-refractivity contribution < 1.29 is 22.9 Å². The fourth-order valence-electron chi connectivity index (χ4n) is 3.36. The number of carbonyl (C=O) groups excluding carboxylic acids is 1. The molecule has 9 nitrogen and oxygen atoms in total. The fraction of sp³-hybridized carbons (Fsp3) is 0.421. The van der Waals surface area contributed by atoms with Gasteiger partial charge in [-0.3, -0.25) is 14.9 Å². The summed E-state index contributed by atoms with van der Waals surface area (Å²) in [6, 6.07) is 3.99. The second kappa shape index (κ2) is 9.58. The summed E-state index contributed by atoms with van der Waals surface area (Å²) in [5.74, 6) is 0.151.